The van der Waals surface area contributed by atoms with Crippen molar-refractivity contribution in [2.45, 2.75) is 6.92 Å². The van der Waals surface area contributed by atoms with E-state index in [1.807, 2.05) is 35.4 Å². The Hall–Kier alpha value is -2.36. The van der Waals surface area contributed by atoms with E-state index in [-0.39, 0.29) is 0 Å². The molecule has 4 nitrogen and oxygen atoms in total. The minimum absolute atomic E-state index is 0.880. The van der Waals surface area contributed by atoms with Crippen LogP contribution in [0.25, 0.3) is 16.6 Å². The third-order valence-corrected chi connectivity index (χ3v) is 2.83. The predicted octanol–water partition coefficient (Wildman–Crippen LogP) is 2.85. The highest BCUT2D eigenvalue weighted by Gasteiger charge is 2.04. The molecule has 0 fully saturated rings. The fourth-order valence-electron chi connectivity index (χ4n) is 2.02. The molecule has 0 saturated carbocycles. The van der Waals surface area contributed by atoms with Crippen LogP contribution in [0.3, 0.4) is 0 Å². The van der Waals surface area contributed by atoms with Gasteiger partial charge in [-0.2, -0.15) is 5.10 Å². The molecule has 0 unspecified atom stereocenters. The fraction of sp³-hybridized carbons (Fsp3) is 0.143. The summed E-state index contributed by atoms with van der Waals surface area (Å²) in [6.45, 7) is 2.95. The molecule has 1 N–H and O–H groups in total. The zero-order chi connectivity index (χ0) is 12.4. The summed E-state index contributed by atoms with van der Waals surface area (Å²) in [5.74, 6) is 0. The first kappa shape index (κ1) is 10.8. The van der Waals surface area contributed by atoms with Crippen molar-refractivity contribution < 1.29 is 0 Å². The van der Waals surface area contributed by atoms with Crippen molar-refractivity contribution in [1.82, 2.24) is 14.8 Å². The summed E-state index contributed by atoms with van der Waals surface area (Å²) in [4.78, 5) is 4.24. The lowest BCUT2D eigenvalue weighted by Crippen LogP contribution is -2.01. The lowest BCUT2D eigenvalue weighted by Gasteiger charge is -2.06. The maximum absolute atomic E-state index is 4.42. The van der Waals surface area contributed by atoms with E-state index in [1.54, 1.807) is 0 Å². The molecule has 2 heterocycles. The van der Waals surface area contributed by atoms with Crippen molar-refractivity contribution in [3.63, 3.8) is 0 Å². The normalized spacial score (nSPS) is 10.7. The van der Waals surface area contributed by atoms with Gasteiger partial charge in [0.25, 0.3) is 0 Å². The highest BCUT2D eigenvalue weighted by Crippen LogP contribution is 2.19. The van der Waals surface area contributed by atoms with Crippen molar-refractivity contribution >= 4 is 16.6 Å². The Morgan fingerprint density at radius 1 is 1.17 bits per heavy atom. The zero-order valence-corrected chi connectivity index (χ0v) is 10.2. The third-order valence-electron chi connectivity index (χ3n) is 2.83. The quantitative estimate of drug-likeness (QED) is 0.763. The maximum Gasteiger partial charge on any atom is 0.0856 e. The van der Waals surface area contributed by atoms with Gasteiger partial charge in [-0.1, -0.05) is 18.2 Å². The Bertz CT molecular complexity index is 672. The molecule has 4 heteroatoms. The first-order chi connectivity index (χ1) is 8.88. The molecule has 0 radical (unpaired) electrons. The van der Waals surface area contributed by atoms with Crippen molar-refractivity contribution in [1.29, 1.82) is 0 Å². The molecule has 0 aliphatic carbocycles. The van der Waals surface area contributed by atoms with Gasteiger partial charge in [0.15, 0.2) is 0 Å². The molecule has 0 amide bonds. The Morgan fingerprint density at radius 2 is 2.06 bits per heavy atom. The van der Waals surface area contributed by atoms with E-state index in [0.29, 0.717) is 0 Å². The number of pyridine rings is 1. The van der Waals surface area contributed by atoms with Crippen LogP contribution in [0.1, 0.15) is 6.92 Å². The third kappa shape index (κ3) is 1.82. The van der Waals surface area contributed by atoms with Gasteiger partial charge >= 0.3 is 0 Å². The molecule has 0 spiro atoms. The van der Waals surface area contributed by atoms with Crippen LogP contribution in [0, 0.1) is 0 Å². The van der Waals surface area contributed by atoms with Gasteiger partial charge in [0.05, 0.1) is 35.5 Å². The summed E-state index contributed by atoms with van der Waals surface area (Å²) in [6.07, 6.45) is 5.51. The first-order valence-electron chi connectivity index (χ1n) is 6.00. The average molecular weight is 238 g/mol. The number of hydrogen-bond donors (Lipinski definition) is 1. The fourth-order valence-corrected chi connectivity index (χ4v) is 2.02. The molecule has 0 saturated heterocycles. The molecular formula is C14H14N4. The molecule has 2 aromatic heterocycles. The van der Waals surface area contributed by atoms with E-state index in [9.17, 15) is 0 Å². The second-order valence-electron chi connectivity index (χ2n) is 4.08. The van der Waals surface area contributed by atoms with E-state index in [2.05, 4.69) is 40.5 Å². The minimum Gasteiger partial charge on any atom is -0.384 e. The highest BCUT2D eigenvalue weighted by atomic mass is 15.3. The maximum atomic E-state index is 4.42. The van der Waals surface area contributed by atoms with Crippen LogP contribution >= 0.6 is 0 Å². The Kier molecular flexibility index (Phi) is 2.68. The lowest BCUT2D eigenvalue weighted by molar-refractivity contribution is 0.903. The van der Waals surface area contributed by atoms with Crippen LogP contribution in [-0.4, -0.2) is 21.3 Å². The Morgan fingerprint density at radius 3 is 2.94 bits per heavy atom. The van der Waals surface area contributed by atoms with E-state index < -0.39 is 0 Å². The SMILES string of the molecule is CCNc1cncc(-n2ncc3ccccc32)c1. The van der Waals surface area contributed by atoms with Gasteiger partial charge in [-0.3, -0.25) is 4.98 Å². The number of hydrogen-bond acceptors (Lipinski definition) is 3. The van der Waals surface area contributed by atoms with Crippen LogP contribution in [0.4, 0.5) is 5.69 Å². The second-order valence-corrected chi connectivity index (χ2v) is 4.08. The van der Waals surface area contributed by atoms with Crippen LogP contribution in [-0.2, 0) is 0 Å². The molecule has 0 bridgehead atoms. The summed E-state index contributed by atoms with van der Waals surface area (Å²) in [5.41, 5.74) is 3.07. The van der Waals surface area contributed by atoms with Crippen molar-refractivity contribution in [3.05, 3.63) is 48.9 Å². The van der Waals surface area contributed by atoms with Gasteiger partial charge in [-0.15, -0.1) is 0 Å². The Labute approximate surface area is 105 Å². The molecule has 3 aromatic rings. The number of para-hydroxylation sites is 1. The molecular weight excluding hydrogens is 224 g/mol. The van der Waals surface area contributed by atoms with Gasteiger partial charge < -0.3 is 5.32 Å². The summed E-state index contributed by atoms with van der Waals surface area (Å²) in [6, 6.07) is 10.2. The largest absolute Gasteiger partial charge is 0.384 e. The Balaban J connectivity index is 2.11. The lowest BCUT2D eigenvalue weighted by atomic mass is 10.2. The van der Waals surface area contributed by atoms with Crippen molar-refractivity contribution in [2.75, 3.05) is 11.9 Å². The van der Waals surface area contributed by atoms with E-state index >= 15 is 0 Å². The smallest absolute Gasteiger partial charge is 0.0856 e. The summed E-state index contributed by atoms with van der Waals surface area (Å²) in [7, 11) is 0. The number of nitrogens with zero attached hydrogens (tertiary/aromatic N) is 3. The van der Waals surface area contributed by atoms with Crippen LogP contribution in [0.2, 0.25) is 0 Å². The number of fused-ring (bicyclic) bond motifs is 1. The minimum atomic E-state index is 0.880. The molecule has 0 aliphatic heterocycles. The van der Waals surface area contributed by atoms with Crippen molar-refractivity contribution in [3.8, 4) is 5.69 Å². The molecule has 1 aromatic carbocycles. The van der Waals surface area contributed by atoms with Gasteiger partial charge in [-0.25, -0.2) is 4.68 Å². The number of anilines is 1. The van der Waals surface area contributed by atoms with E-state index in [4.69, 9.17) is 0 Å². The molecule has 3 rings (SSSR count). The first-order valence-corrected chi connectivity index (χ1v) is 6.00. The molecule has 0 aliphatic rings. The molecule has 18 heavy (non-hydrogen) atoms. The van der Waals surface area contributed by atoms with Crippen LogP contribution in [0.15, 0.2) is 48.9 Å². The van der Waals surface area contributed by atoms with E-state index in [0.717, 1.165) is 28.8 Å². The van der Waals surface area contributed by atoms with Gasteiger partial charge in [0.1, 0.15) is 0 Å². The highest BCUT2D eigenvalue weighted by molar-refractivity contribution is 5.80. The zero-order valence-electron chi connectivity index (χ0n) is 10.2. The van der Waals surface area contributed by atoms with Crippen molar-refractivity contribution in [2.24, 2.45) is 0 Å². The number of aromatic nitrogens is 3. The van der Waals surface area contributed by atoms with Gasteiger partial charge in [0.2, 0.25) is 0 Å². The summed E-state index contributed by atoms with van der Waals surface area (Å²) >= 11 is 0. The average Bonchev–Trinajstić information content (AvgIpc) is 2.83. The van der Waals surface area contributed by atoms with Crippen LogP contribution in [0.5, 0.6) is 0 Å². The number of benzene rings is 1. The predicted molar refractivity (Wildman–Crippen MR) is 73.0 cm³/mol. The topological polar surface area (TPSA) is 42.7 Å². The standard InChI is InChI=1S/C14H14N4/c1-2-16-12-7-13(10-15-9-12)18-14-6-4-3-5-11(14)8-17-18/h3-10,16H,2H2,1H3. The molecule has 90 valence electrons. The van der Waals surface area contributed by atoms with Crippen LogP contribution < -0.4 is 5.32 Å². The second kappa shape index (κ2) is 4.49. The number of rotatable bonds is 3. The van der Waals surface area contributed by atoms with Gasteiger partial charge in [0, 0.05) is 11.9 Å². The van der Waals surface area contributed by atoms with Gasteiger partial charge in [-0.05, 0) is 19.1 Å². The number of nitrogens with one attached hydrogen (secondary N) is 1. The summed E-state index contributed by atoms with van der Waals surface area (Å²) in [5, 5.41) is 8.80. The monoisotopic (exact) mass is 238 g/mol. The summed E-state index contributed by atoms with van der Waals surface area (Å²) < 4.78 is 1.91. The molecule has 0 atom stereocenters. The van der Waals surface area contributed by atoms with E-state index in [1.165, 1.54) is 0 Å².